The molecule has 1 aliphatic rings. The molecule has 0 saturated heterocycles. The van der Waals surface area contributed by atoms with Gasteiger partial charge in [0.15, 0.2) is 0 Å². The maximum Gasteiger partial charge on any atom is 0.317 e. The zero-order valence-electron chi connectivity index (χ0n) is 22.8. The normalized spacial score (nSPS) is 18.8. The van der Waals surface area contributed by atoms with Gasteiger partial charge in [-0.1, -0.05) is 18.5 Å². The number of hydrogen-bond acceptors (Lipinski definition) is 6. The molecule has 2 aromatic carbocycles. The number of nitrogens with one attached hydrogen (secondary N) is 2. The molecule has 0 radical (unpaired) electrons. The lowest BCUT2D eigenvalue weighted by Crippen LogP contribution is -2.49. The second-order valence-electron chi connectivity index (χ2n) is 10.3. The lowest BCUT2D eigenvalue weighted by Gasteiger charge is -2.34. The summed E-state index contributed by atoms with van der Waals surface area (Å²) in [4.78, 5) is 29.1. The average Bonchev–Trinajstić information content (AvgIpc) is 2.91. The third-order valence-electron chi connectivity index (χ3n) is 6.51. The van der Waals surface area contributed by atoms with E-state index in [0.717, 1.165) is 0 Å². The predicted octanol–water partition coefficient (Wildman–Crippen LogP) is 3.34. The van der Waals surface area contributed by atoms with Gasteiger partial charge in [0.05, 0.1) is 30.5 Å². The van der Waals surface area contributed by atoms with Crippen molar-refractivity contribution >= 4 is 39.2 Å². The first-order valence-electron chi connectivity index (χ1n) is 12.8. The number of fused-ring (bicyclic) bond motifs is 1. The molecule has 0 fully saturated rings. The Balaban J connectivity index is 1.95. The van der Waals surface area contributed by atoms with E-state index in [4.69, 9.17) is 16.3 Å². The lowest BCUT2D eigenvalue weighted by atomic mass is 10.0. The van der Waals surface area contributed by atoms with Crippen LogP contribution in [-0.4, -0.2) is 80.2 Å². The summed E-state index contributed by atoms with van der Waals surface area (Å²) in [7, 11) is -2.23. The topological polar surface area (TPSA) is 128 Å². The first kappa shape index (κ1) is 30.5. The molecular formula is C27H37ClN4O6S. The highest BCUT2D eigenvalue weighted by atomic mass is 35.5. The summed E-state index contributed by atoms with van der Waals surface area (Å²) in [5.41, 5.74) is 0.749. The number of sulfonamides is 1. The number of carbonyl (C=O) groups excluding carboxylic acids is 2. The molecule has 0 unspecified atom stereocenters. The quantitative estimate of drug-likeness (QED) is 0.439. The second kappa shape index (κ2) is 12.9. The van der Waals surface area contributed by atoms with Crippen molar-refractivity contribution < 1.29 is 27.9 Å². The van der Waals surface area contributed by atoms with E-state index in [9.17, 15) is 23.1 Å². The number of likely N-dealkylation sites (N-methyl/N-ethyl adjacent to an activating group) is 1. The van der Waals surface area contributed by atoms with Crippen molar-refractivity contribution in [1.29, 1.82) is 0 Å². The highest BCUT2D eigenvalue weighted by Crippen LogP contribution is 2.30. The fourth-order valence-corrected chi connectivity index (χ4v) is 5.42. The van der Waals surface area contributed by atoms with Gasteiger partial charge in [-0.2, -0.15) is 0 Å². The number of aliphatic hydroxyl groups is 1. The number of benzene rings is 2. The number of nitrogens with zero attached hydrogens (tertiary/aromatic N) is 2. The highest BCUT2D eigenvalue weighted by molar-refractivity contribution is 7.92. The number of aliphatic hydroxyl groups excluding tert-OH is 1. The van der Waals surface area contributed by atoms with E-state index >= 15 is 0 Å². The maximum absolute atomic E-state index is 13.4. The molecular weight excluding hydrogens is 544 g/mol. The number of ether oxygens (including phenoxy) is 1. The minimum Gasteiger partial charge on any atom is -0.488 e. The van der Waals surface area contributed by atoms with E-state index in [2.05, 4.69) is 10.0 Å². The number of carbonyl (C=O) groups is 2. The van der Waals surface area contributed by atoms with Gasteiger partial charge >= 0.3 is 6.03 Å². The van der Waals surface area contributed by atoms with Crippen LogP contribution in [-0.2, 0) is 21.2 Å². The van der Waals surface area contributed by atoms with Crippen molar-refractivity contribution in [2.45, 2.75) is 57.2 Å². The van der Waals surface area contributed by atoms with Crippen LogP contribution in [0.5, 0.6) is 5.75 Å². The number of anilines is 1. The van der Waals surface area contributed by atoms with Crippen LogP contribution in [0.1, 0.15) is 33.3 Å². The van der Waals surface area contributed by atoms with Gasteiger partial charge in [0, 0.05) is 41.8 Å². The molecule has 0 bridgehead atoms. The van der Waals surface area contributed by atoms with Crippen LogP contribution in [0, 0.1) is 5.92 Å². The molecule has 0 spiro atoms. The predicted molar refractivity (Wildman–Crippen MR) is 151 cm³/mol. The van der Waals surface area contributed by atoms with Crippen molar-refractivity contribution in [2.75, 3.05) is 31.5 Å². The number of halogens is 1. The fraction of sp³-hybridized carbons (Fsp3) is 0.481. The molecule has 0 aromatic heterocycles. The number of rotatable bonds is 8. The van der Waals surface area contributed by atoms with Crippen LogP contribution in [0.25, 0.3) is 0 Å². The Morgan fingerprint density at radius 2 is 1.87 bits per heavy atom. The molecule has 2 aromatic rings. The van der Waals surface area contributed by atoms with Crippen LogP contribution in [0.15, 0.2) is 47.4 Å². The van der Waals surface area contributed by atoms with Gasteiger partial charge in [-0.25, -0.2) is 13.2 Å². The monoisotopic (exact) mass is 580 g/mol. The van der Waals surface area contributed by atoms with Gasteiger partial charge in [0.2, 0.25) is 5.91 Å². The number of amides is 3. The Morgan fingerprint density at radius 1 is 1.21 bits per heavy atom. The molecule has 3 amide bonds. The van der Waals surface area contributed by atoms with Gasteiger partial charge in [-0.15, -0.1) is 0 Å². The summed E-state index contributed by atoms with van der Waals surface area (Å²) in [6.07, 6.45) is -0.540. The first-order valence-corrected chi connectivity index (χ1v) is 14.7. The molecule has 39 heavy (non-hydrogen) atoms. The third-order valence-corrected chi connectivity index (χ3v) is 8.15. The van der Waals surface area contributed by atoms with Gasteiger partial charge < -0.3 is 25.0 Å². The SMILES string of the molecule is CC(C)NC(=O)N(C)C[C@@H]1Oc2ccc(NS(=O)(=O)c3ccc(Cl)cc3)cc2CC(=O)N([C@H](C)CO)C[C@@H]1C. The second-order valence-corrected chi connectivity index (χ2v) is 12.4. The van der Waals surface area contributed by atoms with Crippen LogP contribution in [0.2, 0.25) is 5.02 Å². The molecule has 10 nitrogen and oxygen atoms in total. The van der Waals surface area contributed by atoms with Crippen molar-refractivity contribution in [3.05, 3.63) is 53.1 Å². The highest BCUT2D eigenvalue weighted by Gasteiger charge is 2.32. The molecule has 1 aliphatic heterocycles. The van der Waals surface area contributed by atoms with E-state index in [-0.39, 0.29) is 54.1 Å². The molecule has 12 heteroatoms. The van der Waals surface area contributed by atoms with Crippen molar-refractivity contribution in [1.82, 2.24) is 15.1 Å². The van der Waals surface area contributed by atoms with E-state index in [1.165, 1.54) is 29.2 Å². The Labute approximate surface area is 235 Å². The minimum absolute atomic E-state index is 0.0341. The van der Waals surface area contributed by atoms with Crippen molar-refractivity contribution in [2.24, 2.45) is 5.92 Å². The Morgan fingerprint density at radius 3 is 2.49 bits per heavy atom. The summed E-state index contributed by atoms with van der Waals surface area (Å²) in [6.45, 7) is 7.79. The third kappa shape index (κ3) is 8.00. The lowest BCUT2D eigenvalue weighted by molar-refractivity contribution is -0.134. The van der Waals surface area contributed by atoms with Crippen LogP contribution in [0.3, 0.4) is 0 Å². The smallest absolute Gasteiger partial charge is 0.317 e. The standard InChI is InChI=1S/C27H37ClN4O6S/c1-17(2)29-27(35)31(5)15-25-18(3)14-32(19(4)16-33)26(34)13-20-12-22(8-11-24(20)38-25)30-39(36,37)23-9-6-21(28)7-10-23/h6-12,17-19,25,30,33H,13-16H2,1-5H3,(H,29,35)/t18-,19+,25-/m0/s1. The molecule has 3 N–H and O–H groups in total. The van der Waals surface area contributed by atoms with Crippen LogP contribution < -0.4 is 14.8 Å². The number of hydrogen-bond donors (Lipinski definition) is 3. The summed E-state index contributed by atoms with van der Waals surface area (Å²) in [5, 5.41) is 13.1. The molecule has 214 valence electrons. The Hall–Kier alpha value is -3.02. The van der Waals surface area contributed by atoms with E-state index in [1.807, 2.05) is 20.8 Å². The summed E-state index contributed by atoms with van der Waals surface area (Å²) in [5.74, 6) is 0.00890. The molecule has 3 rings (SSSR count). The largest absolute Gasteiger partial charge is 0.488 e. The van der Waals surface area contributed by atoms with Crippen LogP contribution in [0.4, 0.5) is 10.5 Å². The zero-order chi connectivity index (χ0) is 28.9. The maximum atomic E-state index is 13.4. The van der Waals surface area contributed by atoms with Gasteiger partial charge in [-0.3, -0.25) is 9.52 Å². The fourth-order valence-electron chi connectivity index (χ4n) is 4.25. The molecule has 0 saturated carbocycles. The van der Waals surface area contributed by atoms with E-state index < -0.39 is 22.2 Å². The van der Waals surface area contributed by atoms with Gasteiger partial charge in [-0.05, 0) is 63.2 Å². The van der Waals surface area contributed by atoms with Crippen LogP contribution >= 0.6 is 11.6 Å². The Kier molecular flexibility index (Phi) is 10.1. The van der Waals surface area contributed by atoms with E-state index in [0.29, 0.717) is 22.9 Å². The summed E-state index contributed by atoms with van der Waals surface area (Å²) in [6, 6.07) is 9.84. The molecule has 0 aliphatic carbocycles. The Bertz CT molecular complexity index is 1270. The van der Waals surface area contributed by atoms with E-state index in [1.54, 1.807) is 37.1 Å². The van der Waals surface area contributed by atoms with Gasteiger partial charge in [0.1, 0.15) is 11.9 Å². The van der Waals surface area contributed by atoms with Crippen molar-refractivity contribution in [3.8, 4) is 5.75 Å². The molecule has 1 heterocycles. The van der Waals surface area contributed by atoms with Gasteiger partial charge in [0.25, 0.3) is 10.0 Å². The number of urea groups is 1. The zero-order valence-corrected chi connectivity index (χ0v) is 24.4. The average molecular weight is 581 g/mol. The molecule has 3 atom stereocenters. The summed E-state index contributed by atoms with van der Waals surface area (Å²) >= 11 is 5.89. The minimum atomic E-state index is -3.91. The first-order chi connectivity index (χ1) is 18.3. The summed E-state index contributed by atoms with van der Waals surface area (Å²) < 4.78 is 34.8. The van der Waals surface area contributed by atoms with Crippen molar-refractivity contribution in [3.63, 3.8) is 0 Å².